The number of nitrogens with zero attached hydrogens (tertiary/aromatic N) is 1. The lowest BCUT2D eigenvalue weighted by Gasteiger charge is -2.46. The van der Waals surface area contributed by atoms with E-state index in [9.17, 15) is 8.78 Å². The molecule has 0 aliphatic heterocycles. The van der Waals surface area contributed by atoms with E-state index >= 15 is 0 Å². The Bertz CT molecular complexity index is 426. The number of rotatable bonds is 8. The standard InChI is InChI=1S/C17H28F2N2/c1-6-17(5,21(8-3)9-4)16(20-7-2)13-10-14(18)12-15(19)11-13/h10-12,16,20H,6-9H2,1-5H3. The van der Waals surface area contributed by atoms with Gasteiger partial charge in [0.05, 0.1) is 6.04 Å². The summed E-state index contributed by atoms with van der Waals surface area (Å²) in [4.78, 5) is 2.35. The lowest BCUT2D eigenvalue weighted by atomic mass is 9.82. The normalized spacial score (nSPS) is 16.0. The number of benzene rings is 1. The van der Waals surface area contributed by atoms with Crippen molar-refractivity contribution in [2.45, 2.75) is 52.6 Å². The Labute approximate surface area is 127 Å². The highest BCUT2D eigenvalue weighted by Crippen LogP contribution is 2.34. The van der Waals surface area contributed by atoms with Crippen molar-refractivity contribution >= 4 is 0 Å². The summed E-state index contributed by atoms with van der Waals surface area (Å²) >= 11 is 0. The monoisotopic (exact) mass is 298 g/mol. The van der Waals surface area contributed by atoms with Gasteiger partial charge in [-0.25, -0.2) is 8.78 Å². The van der Waals surface area contributed by atoms with E-state index < -0.39 is 11.6 Å². The molecule has 0 amide bonds. The molecule has 0 saturated heterocycles. The minimum absolute atomic E-state index is 0.113. The predicted molar refractivity (Wildman–Crippen MR) is 84.4 cm³/mol. The molecule has 0 aliphatic carbocycles. The van der Waals surface area contributed by atoms with E-state index in [0.717, 1.165) is 32.1 Å². The van der Waals surface area contributed by atoms with Crippen LogP contribution in [0.25, 0.3) is 0 Å². The number of halogens is 2. The van der Waals surface area contributed by atoms with Gasteiger partial charge in [-0.3, -0.25) is 4.90 Å². The molecule has 21 heavy (non-hydrogen) atoms. The summed E-state index contributed by atoms with van der Waals surface area (Å²) in [6, 6.07) is 3.69. The summed E-state index contributed by atoms with van der Waals surface area (Å²) in [6.45, 7) is 13.1. The average molecular weight is 298 g/mol. The Hall–Kier alpha value is -1.00. The van der Waals surface area contributed by atoms with Gasteiger partial charge in [-0.1, -0.05) is 27.7 Å². The van der Waals surface area contributed by atoms with Gasteiger partial charge in [0, 0.05) is 11.6 Å². The molecule has 2 atom stereocenters. The van der Waals surface area contributed by atoms with Gasteiger partial charge >= 0.3 is 0 Å². The predicted octanol–water partition coefficient (Wildman–Crippen LogP) is 4.13. The molecule has 1 aromatic rings. The summed E-state index contributed by atoms with van der Waals surface area (Å²) in [5.41, 5.74) is 0.477. The Morgan fingerprint density at radius 1 is 1.05 bits per heavy atom. The SMILES string of the molecule is CCNC(c1cc(F)cc(F)c1)C(C)(CC)N(CC)CC. The van der Waals surface area contributed by atoms with E-state index in [2.05, 4.69) is 37.9 Å². The molecule has 1 rings (SSSR count). The first-order chi connectivity index (χ1) is 9.92. The molecule has 0 spiro atoms. The molecule has 120 valence electrons. The van der Waals surface area contributed by atoms with Crippen LogP contribution in [0, 0.1) is 11.6 Å². The van der Waals surface area contributed by atoms with Crippen LogP contribution in [0.15, 0.2) is 18.2 Å². The van der Waals surface area contributed by atoms with Gasteiger partial charge in [0.25, 0.3) is 0 Å². The minimum atomic E-state index is -0.522. The maximum atomic E-state index is 13.6. The first kappa shape index (κ1) is 18.1. The number of hydrogen-bond donors (Lipinski definition) is 1. The number of hydrogen-bond acceptors (Lipinski definition) is 2. The zero-order valence-electron chi connectivity index (χ0n) is 13.8. The van der Waals surface area contributed by atoms with Crippen LogP contribution in [-0.2, 0) is 0 Å². The van der Waals surface area contributed by atoms with Crippen molar-refractivity contribution in [3.05, 3.63) is 35.4 Å². The van der Waals surface area contributed by atoms with Crippen LogP contribution in [0.3, 0.4) is 0 Å². The van der Waals surface area contributed by atoms with E-state index in [0.29, 0.717) is 5.56 Å². The zero-order chi connectivity index (χ0) is 16.0. The van der Waals surface area contributed by atoms with Crippen molar-refractivity contribution < 1.29 is 8.78 Å². The molecule has 0 aromatic heterocycles. The van der Waals surface area contributed by atoms with E-state index in [1.807, 2.05) is 6.92 Å². The number of likely N-dealkylation sites (N-methyl/N-ethyl adjacent to an activating group) is 2. The fourth-order valence-corrected chi connectivity index (χ4v) is 3.20. The van der Waals surface area contributed by atoms with Crippen molar-refractivity contribution in [1.29, 1.82) is 0 Å². The Morgan fingerprint density at radius 3 is 1.95 bits per heavy atom. The van der Waals surface area contributed by atoms with Crippen LogP contribution in [0.4, 0.5) is 8.78 Å². The molecular formula is C17H28F2N2. The smallest absolute Gasteiger partial charge is 0.126 e. The lowest BCUT2D eigenvalue weighted by Crippen LogP contribution is -2.54. The molecule has 1 N–H and O–H groups in total. The van der Waals surface area contributed by atoms with Gasteiger partial charge in [-0.15, -0.1) is 0 Å². The second kappa shape index (κ2) is 7.85. The molecule has 0 bridgehead atoms. The first-order valence-electron chi connectivity index (χ1n) is 7.87. The van der Waals surface area contributed by atoms with Crippen LogP contribution in [-0.4, -0.2) is 30.1 Å². The molecule has 0 fully saturated rings. The average Bonchev–Trinajstić information content (AvgIpc) is 2.44. The molecule has 0 aliphatic rings. The largest absolute Gasteiger partial charge is 0.309 e. The molecule has 0 heterocycles. The zero-order valence-corrected chi connectivity index (χ0v) is 13.8. The van der Waals surface area contributed by atoms with E-state index in [-0.39, 0.29) is 11.6 Å². The summed E-state index contributed by atoms with van der Waals surface area (Å²) < 4.78 is 27.2. The highest BCUT2D eigenvalue weighted by molar-refractivity contribution is 5.25. The summed E-state index contributed by atoms with van der Waals surface area (Å²) in [5.74, 6) is -1.04. The van der Waals surface area contributed by atoms with E-state index in [1.165, 1.54) is 12.1 Å². The second-order valence-electron chi connectivity index (χ2n) is 5.58. The number of nitrogens with one attached hydrogen (secondary N) is 1. The highest BCUT2D eigenvalue weighted by atomic mass is 19.1. The third kappa shape index (κ3) is 4.01. The second-order valence-corrected chi connectivity index (χ2v) is 5.58. The molecular weight excluding hydrogens is 270 g/mol. The molecule has 2 unspecified atom stereocenters. The van der Waals surface area contributed by atoms with Gasteiger partial charge in [0.2, 0.25) is 0 Å². The van der Waals surface area contributed by atoms with Crippen LogP contribution in [0.2, 0.25) is 0 Å². The molecule has 0 saturated carbocycles. The third-order valence-corrected chi connectivity index (χ3v) is 4.45. The first-order valence-corrected chi connectivity index (χ1v) is 7.87. The Balaban J connectivity index is 3.30. The Kier molecular flexibility index (Phi) is 6.75. The van der Waals surface area contributed by atoms with Crippen LogP contribution in [0.1, 0.15) is 52.6 Å². The maximum absolute atomic E-state index is 13.6. The highest BCUT2D eigenvalue weighted by Gasteiger charge is 2.37. The van der Waals surface area contributed by atoms with E-state index in [4.69, 9.17) is 0 Å². The minimum Gasteiger partial charge on any atom is -0.309 e. The van der Waals surface area contributed by atoms with Crippen molar-refractivity contribution in [3.63, 3.8) is 0 Å². The van der Waals surface area contributed by atoms with Gasteiger partial charge in [0.1, 0.15) is 11.6 Å². The van der Waals surface area contributed by atoms with Gasteiger partial charge in [-0.05, 0) is 50.7 Å². The molecule has 4 heteroatoms. The summed E-state index contributed by atoms with van der Waals surface area (Å²) in [5, 5.41) is 3.42. The molecule has 1 aromatic carbocycles. The third-order valence-electron chi connectivity index (χ3n) is 4.45. The quantitative estimate of drug-likeness (QED) is 0.776. The van der Waals surface area contributed by atoms with Gasteiger partial charge in [0.15, 0.2) is 0 Å². The summed E-state index contributed by atoms with van der Waals surface area (Å²) in [7, 11) is 0. The van der Waals surface area contributed by atoms with Crippen molar-refractivity contribution in [2.24, 2.45) is 0 Å². The lowest BCUT2D eigenvalue weighted by molar-refractivity contribution is 0.0702. The van der Waals surface area contributed by atoms with Crippen LogP contribution >= 0.6 is 0 Å². The fourth-order valence-electron chi connectivity index (χ4n) is 3.20. The van der Waals surface area contributed by atoms with Crippen LogP contribution in [0.5, 0.6) is 0 Å². The summed E-state index contributed by atoms with van der Waals surface area (Å²) in [6.07, 6.45) is 0.893. The topological polar surface area (TPSA) is 15.3 Å². The van der Waals surface area contributed by atoms with Crippen molar-refractivity contribution in [3.8, 4) is 0 Å². The van der Waals surface area contributed by atoms with Crippen LogP contribution < -0.4 is 5.32 Å². The fraction of sp³-hybridized carbons (Fsp3) is 0.647. The molecule has 2 nitrogen and oxygen atoms in total. The van der Waals surface area contributed by atoms with Gasteiger partial charge < -0.3 is 5.32 Å². The maximum Gasteiger partial charge on any atom is 0.126 e. The van der Waals surface area contributed by atoms with Gasteiger partial charge in [-0.2, -0.15) is 0 Å². The molecule has 0 radical (unpaired) electrons. The Morgan fingerprint density at radius 2 is 1.57 bits per heavy atom. The van der Waals surface area contributed by atoms with Crippen molar-refractivity contribution in [1.82, 2.24) is 10.2 Å². The van der Waals surface area contributed by atoms with E-state index in [1.54, 1.807) is 0 Å². The van der Waals surface area contributed by atoms with Crippen molar-refractivity contribution in [2.75, 3.05) is 19.6 Å².